The zero-order valence-corrected chi connectivity index (χ0v) is 54.7. The van der Waals surface area contributed by atoms with E-state index in [0.29, 0.717) is 19.3 Å². The molecule has 476 valence electrons. The number of unbranched alkanes of at least 4 members (excludes halogenated alkanes) is 35. The second-order valence-electron chi connectivity index (χ2n) is 23.4. The Morgan fingerprint density at radius 2 is 0.470 bits per heavy atom. The van der Waals surface area contributed by atoms with Crippen LogP contribution in [0.25, 0.3) is 0 Å². The molecule has 0 aromatic carbocycles. The highest BCUT2D eigenvalue weighted by Gasteiger charge is 2.19. The van der Waals surface area contributed by atoms with Crippen molar-refractivity contribution >= 4 is 17.9 Å². The van der Waals surface area contributed by atoms with Crippen LogP contribution in [-0.2, 0) is 28.6 Å². The fraction of sp³-hybridized carbons (Fsp3) is 0.727. The molecule has 0 saturated heterocycles. The summed E-state index contributed by atoms with van der Waals surface area (Å²) in [7, 11) is 0. The molecule has 0 aliphatic heterocycles. The maximum Gasteiger partial charge on any atom is 0.306 e. The second kappa shape index (κ2) is 70.6. The Hall–Kier alpha value is -3.93. The molecule has 1 atom stereocenters. The largest absolute Gasteiger partial charge is 0.462 e. The van der Waals surface area contributed by atoms with Gasteiger partial charge in [-0.2, -0.15) is 0 Å². The molecule has 6 nitrogen and oxygen atoms in total. The molecule has 6 heteroatoms. The first-order valence-corrected chi connectivity index (χ1v) is 35.4. The summed E-state index contributed by atoms with van der Waals surface area (Å²) in [6.45, 7) is 6.44. The topological polar surface area (TPSA) is 78.9 Å². The van der Waals surface area contributed by atoms with Gasteiger partial charge in [0.05, 0.1) is 0 Å². The molecule has 0 amide bonds. The van der Waals surface area contributed by atoms with E-state index in [1.165, 1.54) is 186 Å². The highest BCUT2D eigenvalue weighted by molar-refractivity contribution is 5.71. The van der Waals surface area contributed by atoms with Crippen molar-refractivity contribution in [2.75, 3.05) is 13.2 Å². The van der Waals surface area contributed by atoms with Crippen LogP contribution in [0.5, 0.6) is 0 Å². The van der Waals surface area contributed by atoms with Crippen LogP contribution in [0.3, 0.4) is 0 Å². The number of ether oxygens (including phenoxy) is 3. The van der Waals surface area contributed by atoms with Crippen LogP contribution in [0.1, 0.15) is 342 Å². The number of hydrogen-bond donors (Lipinski definition) is 0. The number of rotatable bonds is 64. The molecule has 0 saturated carbocycles. The third-order valence-electron chi connectivity index (χ3n) is 15.2. The summed E-state index contributed by atoms with van der Waals surface area (Å²) >= 11 is 0. The summed E-state index contributed by atoms with van der Waals surface area (Å²) in [6.07, 6.45) is 96.8. The van der Waals surface area contributed by atoms with Crippen molar-refractivity contribution in [2.24, 2.45) is 0 Å². The number of allylic oxidation sites excluding steroid dienone is 18. The van der Waals surface area contributed by atoms with Gasteiger partial charge in [-0.1, -0.05) is 310 Å². The molecule has 0 aromatic heterocycles. The standard InChI is InChI=1S/C77H132O6/c1-4-7-10-13-16-19-22-25-28-31-33-35-36-37-38-39-40-42-43-46-49-52-55-58-61-64-67-70-76(79)82-73-74(72-81-75(78)69-66-63-60-57-54-51-48-45-30-27-24-21-18-15-12-9-6-3)83-77(80)71-68-65-62-59-56-53-50-47-44-41-34-32-29-26-23-20-17-14-11-8-5-2/h7-8,10-11,16-17,19-20,25-30,33-35,41,74H,4-6,9,12-15,18,21-24,31-32,36-40,42-73H2,1-3H3/b10-7-,11-8-,19-16-,20-17-,28-25-,29-26-,30-27-,35-33-,41-34-. The number of carbonyl (C=O) groups excluding carboxylic acids is 3. The fourth-order valence-corrected chi connectivity index (χ4v) is 10.0. The van der Waals surface area contributed by atoms with E-state index in [-0.39, 0.29) is 31.1 Å². The first-order chi connectivity index (χ1) is 41.0. The van der Waals surface area contributed by atoms with Crippen LogP contribution in [0.15, 0.2) is 109 Å². The van der Waals surface area contributed by atoms with E-state index >= 15 is 0 Å². The molecule has 0 fully saturated rings. The van der Waals surface area contributed by atoms with Gasteiger partial charge in [0.25, 0.3) is 0 Å². The van der Waals surface area contributed by atoms with E-state index in [4.69, 9.17) is 14.2 Å². The first kappa shape index (κ1) is 79.1. The van der Waals surface area contributed by atoms with E-state index in [1.807, 2.05) is 0 Å². The summed E-state index contributed by atoms with van der Waals surface area (Å²) in [5.74, 6) is -0.880. The van der Waals surface area contributed by atoms with Gasteiger partial charge in [0.15, 0.2) is 6.10 Å². The molecule has 0 bridgehead atoms. The Labute approximate surface area is 514 Å². The zero-order chi connectivity index (χ0) is 59.9. The number of hydrogen-bond acceptors (Lipinski definition) is 6. The van der Waals surface area contributed by atoms with E-state index < -0.39 is 6.10 Å². The van der Waals surface area contributed by atoms with Crippen LogP contribution < -0.4 is 0 Å². The lowest BCUT2D eigenvalue weighted by atomic mass is 10.0. The van der Waals surface area contributed by atoms with Gasteiger partial charge in [-0.3, -0.25) is 14.4 Å². The van der Waals surface area contributed by atoms with Gasteiger partial charge in [0, 0.05) is 19.3 Å². The Kier molecular flexibility index (Phi) is 67.2. The summed E-state index contributed by atoms with van der Waals surface area (Å²) in [5.41, 5.74) is 0. The maximum atomic E-state index is 13.0. The van der Waals surface area contributed by atoms with Gasteiger partial charge in [-0.25, -0.2) is 0 Å². The van der Waals surface area contributed by atoms with Crippen LogP contribution in [-0.4, -0.2) is 37.2 Å². The highest BCUT2D eigenvalue weighted by Crippen LogP contribution is 2.17. The van der Waals surface area contributed by atoms with Crippen LogP contribution in [0, 0.1) is 0 Å². The Bertz CT molecular complexity index is 1660. The van der Waals surface area contributed by atoms with Gasteiger partial charge in [0.1, 0.15) is 13.2 Å². The molecule has 0 aromatic rings. The average Bonchev–Trinajstić information content (AvgIpc) is 3.49. The van der Waals surface area contributed by atoms with Crippen LogP contribution in [0.4, 0.5) is 0 Å². The molecule has 83 heavy (non-hydrogen) atoms. The minimum Gasteiger partial charge on any atom is -0.462 e. The van der Waals surface area contributed by atoms with Gasteiger partial charge < -0.3 is 14.2 Å². The lowest BCUT2D eigenvalue weighted by molar-refractivity contribution is -0.167. The molecule has 0 N–H and O–H groups in total. The van der Waals surface area contributed by atoms with E-state index in [0.717, 1.165) is 116 Å². The van der Waals surface area contributed by atoms with Crippen molar-refractivity contribution in [3.63, 3.8) is 0 Å². The minimum absolute atomic E-state index is 0.0816. The van der Waals surface area contributed by atoms with Gasteiger partial charge >= 0.3 is 17.9 Å². The normalized spacial score (nSPS) is 12.8. The molecular weight excluding hydrogens is 1020 g/mol. The second-order valence-corrected chi connectivity index (χ2v) is 23.4. The molecule has 0 spiro atoms. The van der Waals surface area contributed by atoms with Crippen molar-refractivity contribution in [3.05, 3.63) is 109 Å². The van der Waals surface area contributed by atoms with Crippen LogP contribution >= 0.6 is 0 Å². The highest BCUT2D eigenvalue weighted by atomic mass is 16.6. The average molecular weight is 1150 g/mol. The number of carbonyl (C=O) groups is 3. The third kappa shape index (κ3) is 68.7. The van der Waals surface area contributed by atoms with Gasteiger partial charge in [0.2, 0.25) is 0 Å². The summed E-state index contributed by atoms with van der Waals surface area (Å²) < 4.78 is 17.0. The smallest absolute Gasteiger partial charge is 0.306 e. The summed E-state index contributed by atoms with van der Waals surface area (Å²) in [5, 5.41) is 0. The predicted molar refractivity (Wildman–Crippen MR) is 362 cm³/mol. The van der Waals surface area contributed by atoms with Crippen molar-refractivity contribution < 1.29 is 28.6 Å². The Morgan fingerprint density at radius 3 is 0.747 bits per heavy atom. The SMILES string of the molecule is CC/C=C\C/C=C\C/C=C\C/C=C\CCCCCCCCCCCCCCCCC(=O)OCC(COC(=O)CCCCCCCCC/C=C\CCCCCCCC)OC(=O)CCCCCCCCCC/C=C\C/C=C\C/C=C\C/C=C\CC. The predicted octanol–water partition coefficient (Wildman–Crippen LogP) is 24.6. The molecule has 0 aliphatic rings. The Balaban J connectivity index is 4.34. The lowest BCUT2D eigenvalue weighted by Crippen LogP contribution is -2.30. The van der Waals surface area contributed by atoms with Crippen molar-refractivity contribution in [2.45, 2.75) is 348 Å². The van der Waals surface area contributed by atoms with Gasteiger partial charge in [-0.05, 0) is 122 Å². The lowest BCUT2D eigenvalue weighted by Gasteiger charge is -2.18. The number of esters is 3. The van der Waals surface area contributed by atoms with Crippen LogP contribution in [0.2, 0.25) is 0 Å². The quantitative estimate of drug-likeness (QED) is 0.0261. The van der Waals surface area contributed by atoms with Gasteiger partial charge in [-0.15, -0.1) is 0 Å². The molecule has 0 rings (SSSR count). The molecule has 0 radical (unpaired) electrons. The maximum absolute atomic E-state index is 13.0. The Morgan fingerprint density at radius 1 is 0.253 bits per heavy atom. The molecule has 0 heterocycles. The van der Waals surface area contributed by atoms with Crippen molar-refractivity contribution in [1.29, 1.82) is 0 Å². The van der Waals surface area contributed by atoms with E-state index in [9.17, 15) is 14.4 Å². The first-order valence-electron chi connectivity index (χ1n) is 35.4. The summed E-state index contributed by atoms with van der Waals surface area (Å²) in [6, 6.07) is 0. The summed E-state index contributed by atoms with van der Waals surface area (Å²) in [4.78, 5) is 38.5. The zero-order valence-electron chi connectivity index (χ0n) is 54.7. The molecular formula is C77H132O6. The van der Waals surface area contributed by atoms with E-state index in [1.54, 1.807) is 0 Å². The molecule has 0 aliphatic carbocycles. The molecule has 1 unspecified atom stereocenters. The minimum atomic E-state index is -0.787. The monoisotopic (exact) mass is 1150 g/mol. The fourth-order valence-electron chi connectivity index (χ4n) is 10.0. The third-order valence-corrected chi connectivity index (χ3v) is 15.2. The van der Waals surface area contributed by atoms with E-state index in [2.05, 4.69) is 130 Å². The van der Waals surface area contributed by atoms with Crippen molar-refractivity contribution in [3.8, 4) is 0 Å². The van der Waals surface area contributed by atoms with Crippen molar-refractivity contribution in [1.82, 2.24) is 0 Å².